The Bertz CT molecular complexity index is 343. The molecule has 0 aliphatic carbocycles. The highest BCUT2D eigenvalue weighted by molar-refractivity contribution is 5.09. The topological polar surface area (TPSA) is 38.2 Å². The van der Waals surface area contributed by atoms with Crippen LogP contribution in [-0.2, 0) is 4.74 Å². The molecule has 1 saturated heterocycles. The fourth-order valence-electron chi connectivity index (χ4n) is 2.30. The Balaban J connectivity index is 2.07. The zero-order valence-electron chi connectivity index (χ0n) is 10.0. The van der Waals surface area contributed by atoms with Gasteiger partial charge in [-0.05, 0) is 32.4 Å². The van der Waals surface area contributed by atoms with Gasteiger partial charge < -0.3 is 4.74 Å². The zero-order valence-corrected chi connectivity index (χ0v) is 10.0. The van der Waals surface area contributed by atoms with Crippen LogP contribution in [0.2, 0.25) is 0 Å². The number of hydrogen-bond acceptors (Lipinski definition) is 4. The number of ether oxygens (including phenoxy) is 1. The average molecular weight is 221 g/mol. The van der Waals surface area contributed by atoms with Crippen molar-refractivity contribution >= 4 is 0 Å². The highest BCUT2D eigenvalue weighted by atomic mass is 16.5. The normalized spacial score (nSPS) is 21.5. The molecule has 0 N–H and O–H groups in total. The molecule has 1 aromatic heterocycles. The maximum absolute atomic E-state index is 5.14. The van der Waals surface area contributed by atoms with E-state index in [0.29, 0.717) is 6.04 Å². The van der Waals surface area contributed by atoms with E-state index in [2.05, 4.69) is 14.9 Å². The lowest BCUT2D eigenvalue weighted by Crippen LogP contribution is -2.27. The highest BCUT2D eigenvalue weighted by Crippen LogP contribution is 2.29. The average Bonchev–Trinajstić information content (AvgIpc) is 2.74. The summed E-state index contributed by atoms with van der Waals surface area (Å²) in [7, 11) is 1.75. The zero-order chi connectivity index (χ0) is 11.4. The van der Waals surface area contributed by atoms with Gasteiger partial charge in [-0.15, -0.1) is 0 Å². The molecule has 2 rings (SSSR count). The Morgan fingerprint density at radius 1 is 1.56 bits per heavy atom. The number of hydrogen-bond donors (Lipinski definition) is 0. The highest BCUT2D eigenvalue weighted by Gasteiger charge is 2.26. The third kappa shape index (κ3) is 2.57. The van der Waals surface area contributed by atoms with Gasteiger partial charge in [0.1, 0.15) is 5.82 Å². The first-order valence-corrected chi connectivity index (χ1v) is 5.84. The van der Waals surface area contributed by atoms with Gasteiger partial charge in [0.05, 0.1) is 18.3 Å². The predicted octanol–water partition coefficient (Wildman–Crippen LogP) is 1.57. The van der Waals surface area contributed by atoms with Crippen LogP contribution in [0, 0.1) is 6.92 Å². The second kappa shape index (κ2) is 5.37. The van der Waals surface area contributed by atoms with Crippen molar-refractivity contribution < 1.29 is 4.74 Å². The largest absolute Gasteiger partial charge is 0.383 e. The van der Waals surface area contributed by atoms with Crippen LogP contribution >= 0.6 is 0 Å². The van der Waals surface area contributed by atoms with Gasteiger partial charge in [0.15, 0.2) is 0 Å². The number of aromatic nitrogens is 2. The summed E-state index contributed by atoms with van der Waals surface area (Å²) in [4.78, 5) is 11.1. The van der Waals surface area contributed by atoms with Crippen molar-refractivity contribution in [3.05, 3.63) is 23.8 Å². The SMILES string of the molecule is COCCN1CCCC1c1ccnc(C)n1. The third-order valence-corrected chi connectivity index (χ3v) is 3.09. The summed E-state index contributed by atoms with van der Waals surface area (Å²) in [6.45, 7) is 4.87. The molecule has 4 heteroatoms. The minimum atomic E-state index is 0.455. The molecule has 1 aliphatic rings. The standard InChI is InChI=1S/C12H19N3O/c1-10-13-6-5-11(14-10)12-4-3-7-15(12)8-9-16-2/h5-6,12H,3-4,7-9H2,1-2H3. The van der Waals surface area contributed by atoms with Crippen molar-refractivity contribution in [2.75, 3.05) is 26.8 Å². The Morgan fingerprint density at radius 2 is 2.44 bits per heavy atom. The minimum Gasteiger partial charge on any atom is -0.383 e. The van der Waals surface area contributed by atoms with E-state index < -0.39 is 0 Å². The molecule has 1 aliphatic heterocycles. The van der Waals surface area contributed by atoms with Crippen molar-refractivity contribution in [1.82, 2.24) is 14.9 Å². The molecule has 0 aromatic carbocycles. The molecule has 0 radical (unpaired) electrons. The molecule has 0 saturated carbocycles. The van der Waals surface area contributed by atoms with Crippen LogP contribution in [0.15, 0.2) is 12.3 Å². The third-order valence-electron chi connectivity index (χ3n) is 3.09. The number of rotatable bonds is 4. The molecular weight excluding hydrogens is 202 g/mol. The van der Waals surface area contributed by atoms with Gasteiger partial charge in [0, 0.05) is 19.9 Å². The molecule has 1 unspecified atom stereocenters. The molecule has 0 bridgehead atoms. The molecule has 16 heavy (non-hydrogen) atoms. The van der Waals surface area contributed by atoms with Crippen molar-refractivity contribution in [3.63, 3.8) is 0 Å². The number of likely N-dealkylation sites (tertiary alicyclic amines) is 1. The fraction of sp³-hybridized carbons (Fsp3) is 0.667. The lowest BCUT2D eigenvalue weighted by molar-refractivity contribution is 0.140. The molecule has 2 heterocycles. The van der Waals surface area contributed by atoms with Crippen LogP contribution < -0.4 is 0 Å². The lowest BCUT2D eigenvalue weighted by atomic mass is 10.1. The first-order chi connectivity index (χ1) is 7.81. The van der Waals surface area contributed by atoms with Gasteiger partial charge in [-0.25, -0.2) is 9.97 Å². The monoisotopic (exact) mass is 221 g/mol. The second-order valence-electron chi connectivity index (χ2n) is 4.22. The quantitative estimate of drug-likeness (QED) is 0.773. The van der Waals surface area contributed by atoms with Crippen LogP contribution in [0.5, 0.6) is 0 Å². The Kier molecular flexibility index (Phi) is 3.85. The van der Waals surface area contributed by atoms with E-state index in [9.17, 15) is 0 Å². The van der Waals surface area contributed by atoms with Crippen molar-refractivity contribution in [2.45, 2.75) is 25.8 Å². The van der Waals surface area contributed by atoms with Crippen LogP contribution in [0.3, 0.4) is 0 Å². The van der Waals surface area contributed by atoms with Crippen LogP contribution in [-0.4, -0.2) is 41.7 Å². The molecule has 0 spiro atoms. The maximum atomic E-state index is 5.14. The number of nitrogens with zero attached hydrogens (tertiary/aromatic N) is 3. The van der Waals surface area contributed by atoms with Crippen LogP contribution in [0.4, 0.5) is 0 Å². The van der Waals surface area contributed by atoms with E-state index >= 15 is 0 Å². The van der Waals surface area contributed by atoms with Crippen molar-refractivity contribution in [1.29, 1.82) is 0 Å². The van der Waals surface area contributed by atoms with Crippen molar-refractivity contribution in [3.8, 4) is 0 Å². The minimum absolute atomic E-state index is 0.455. The van der Waals surface area contributed by atoms with Crippen LogP contribution in [0.1, 0.15) is 30.4 Å². The Labute approximate surface area is 96.7 Å². The Morgan fingerprint density at radius 3 is 3.19 bits per heavy atom. The molecule has 1 fully saturated rings. The first kappa shape index (κ1) is 11.5. The number of aryl methyl sites for hydroxylation is 1. The number of methoxy groups -OCH3 is 1. The summed E-state index contributed by atoms with van der Waals surface area (Å²) in [6, 6.07) is 2.49. The molecule has 4 nitrogen and oxygen atoms in total. The van der Waals surface area contributed by atoms with Gasteiger partial charge in [0.2, 0.25) is 0 Å². The van der Waals surface area contributed by atoms with E-state index in [4.69, 9.17) is 4.74 Å². The van der Waals surface area contributed by atoms with E-state index in [1.807, 2.05) is 19.2 Å². The Hall–Kier alpha value is -1.00. The summed E-state index contributed by atoms with van der Waals surface area (Å²) >= 11 is 0. The summed E-state index contributed by atoms with van der Waals surface area (Å²) < 4.78 is 5.14. The van der Waals surface area contributed by atoms with E-state index in [0.717, 1.165) is 31.2 Å². The smallest absolute Gasteiger partial charge is 0.125 e. The molecule has 0 amide bonds. The maximum Gasteiger partial charge on any atom is 0.125 e. The summed E-state index contributed by atoms with van der Waals surface area (Å²) in [5.41, 5.74) is 1.15. The lowest BCUT2D eigenvalue weighted by Gasteiger charge is -2.23. The van der Waals surface area contributed by atoms with E-state index in [1.54, 1.807) is 7.11 Å². The molecule has 1 atom stereocenters. The molecule has 1 aromatic rings. The van der Waals surface area contributed by atoms with Gasteiger partial charge in [0.25, 0.3) is 0 Å². The van der Waals surface area contributed by atoms with E-state index in [-0.39, 0.29) is 0 Å². The fourth-order valence-corrected chi connectivity index (χ4v) is 2.30. The van der Waals surface area contributed by atoms with Gasteiger partial charge in [-0.1, -0.05) is 0 Å². The van der Waals surface area contributed by atoms with Gasteiger partial charge in [-0.2, -0.15) is 0 Å². The van der Waals surface area contributed by atoms with Crippen molar-refractivity contribution in [2.24, 2.45) is 0 Å². The van der Waals surface area contributed by atoms with Gasteiger partial charge >= 0.3 is 0 Å². The molecular formula is C12H19N3O. The summed E-state index contributed by atoms with van der Waals surface area (Å²) in [5.74, 6) is 0.857. The van der Waals surface area contributed by atoms with E-state index in [1.165, 1.54) is 12.8 Å². The van der Waals surface area contributed by atoms with Crippen LogP contribution in [0.25, 0.3) is 0 Å². The second-order valence-corrected chi connectivity index (χ2v) is 4.22. The summed E-state index contributed by atoms with van der Waals surface area (Å²) in [5, 5.41) is 0. The predicted molar refractivity (Wildman–Crippen MR) is 62.2 cm³/mol. The summed E-state index contributed by atoms with van der Waals surface area (Å²) in [6.07, 6.45) is 4.29. The molecule has 88 valence electrons. The first-order valence-electron chi connectivity index (χ1n) is 5.84. The van der Waals surface area contributed by atoms with Gasteiger partial charge in [-0.3, -0.25) is 4.90 Å².